The van der Waals surface area contributed by atoms with E-state index in [9.17, 15) is 9.50 Å². The summed E-state index contributed by atoms with van der Waals surface area (Å²) in [5.41, 5.74) is 1.22. The van der Waals surface area contributed by atoms with Crippen molar-refractivity contribution < 1.29 is 9.50 Å². The monoisotopic (exact) mass is 265 g/mol. The number of phenolic OH excluding ortho intramolecular Hbond substituents is 1. The Bertz CT molecular complexity index is 444. The molecule has 2 rings (SSSR count). The third-order valence-electron chi connectivity index (χ3n) is 4.36. The summed E-state index contributed by atoms with van der Waals surface area (Å²) in [4.78, 5) is 2.39. The van der Waals surface area contributed by atoms with E-state index in [-0.39, 0.29) is 17.6 Å². The predicted octanol–water partition coefficient (Wildman–Crippen LogP) is 4.10. The molecule has 0 aliphatic carbocycles. The van der Waals surface area contributed by atoms with Crippen molar-refractivity contribution in [1.29, 1.82) is 0 Å². The second kappa shape index (κ2) is 5.49. The van der Waals surface area contributed by atoms with Crippen molar-refractivity contribution in [3.05, 3.63) is 29.6 Å². The molecule has 0 saturated carbocycles. The molecule has 1 N–H and O–H groups in total. The standard InChI is InChI=1S/C16H24FNO/c1-12(14-6-5-13(17)11-15(14)19)18-9-4-7-16(2,3)8-10-18/h5-6,11-12,19H,4,7-10H2,1-3H3. The molecule has 2 nitrogen and oxygen atoms in total. The van der Waals surface area contributed by atoms with Gasteiger partial charge in [-0.2, -0.15) is 0 Å². The molecule has 1 saturated heterocycles. The first-order valence-corrected chi connectivity index (χ1v) is 7.11. The number of benzene rings is 1. The van der Waals surface area contributed by atoms with Crippen LogP contribution >= 0.6 is 0 Å². The van der Waals surface area contributed by atoms with Gasteiger partial charge in [0.1, 0.15) is 11.6 Å². The molecule has 0 aromatic heterocycles. The van der Waals surface area contributed by atoms with Gasteiger partial charge in [0.25, 0.3) is 0 Å². The maximum Gasteiger partial charge on any atom is 0.126 e. The van der Waals surface area contributed by atoms with Crippen LogP contribution in [0.3, 0.4) is 0 Å². The number of hydrogen-bond donors (Lipinski definition) is 1. The van der Waals surface area contributed by atoms with Gasteiger partial charge in [-0.05, 0) is 50.8 Å². The zero-order valence-electron chi connectivity index (χ0n) is 12.1. The SMILES string of the molecule is CC(c1ccc(F)cc1O)N1CCCC(C)(C)CC1. The van der Waals surface area contributed by atoms with Crippen LogP contribution in [0.25, 0.3) is 0 Å². The molecule has 0 radical (unpaired) electrons. The lowest BCUT2D eigenvalue weighted by molar-refractivity contribution is 0.205. The first kappa shape index (κ1) is 14.3. The number of hydrogen-bond acceptors (Lipinski definition) is 2. The molecule has 0 spiro atoms. The summed E-state index contributed by atoms with van der Waals surface area (Å²) < 4.78 is 13.0. The van der Waals surface area contributed by atoms with Crippen LogP contribution in [-0.4, -0.2) is 23.1 Å². The van der Waals surface area contributed by atoms with Gasteiger partial charge in [0.15, 0.2) is 0 Å². The quantitative estimate of drug-likeness (QED) is 0.870. The van der Waals surface area contributed by atoms with Gasteiger partial charge in [-0.25, -0.2) is 4.39 Å². The molecule has 0 amide bonds. The Morgan fingerprint density at radius 1 is 1.26 bits per heavy atom. The van der Waals surface area contributed by atoms with Crippen LogP contribution in [-0.2, 0) is 0 Å². The van der Waals surface area contributed by atoms with Crippen molar-refractivity contribution in [2.45, 2.75) is 46.1 Å². The van der Waals surface area contributed by atoms with E-state index in [1.54, 1.807) is 6.07 Å². The summed E-state index contributed by atoms with van der Waals surface area (Å²) in [5.74, 6) is -0.318. The second-order valence-corrected chi connectivity index (χ2v) is 6.43. The molecule has 0 bridgehead atoms. The smallest absolute Gasteiger partial charge is 0.126 e. The molecule has 3 heteroatoms. The number of rotatable bonds is 2. The van der Waals surface area contributed by atoms with Gasteiger partial charge in [0.05, 0.1) is 0 Å². The van der Waals surface area contributed by atoms with Crippen molar-refractivity contribution in [2.24, 2.45) is 5.41 Å². The largest absolute Gasteiger partial charge is 0.508 e. The summed E-state index contributed by atoms with van der Waals surface area (Å²) in [6.07, 6.45) is 3.59. The number of nitrogens with zero attached hydrogens (tertiary/aromatic N) is 1. The van der Waals surface area contributed by atoms with Gasteiger partial charge in [0, 0.05) is 17.7 Å². The summed E-state index contributed by atoms with van der Waals surface area (Å²) in [6, 6.07) is 4.46. The fourth-order valence-electron chi connectivity index (χ4n) is 2.90. The zero-order chi connectivity index (χ0) is 14.0. The van der Waals surface area contributed by atoms with E-state index in [2.05, 4.69) is 25.7 Å². The van der Waals surface area contributed by atoms with Gasteiger partial charge in [0.2, 0.25) is 0 Å². The van der Waals surface area contributed by atoms with Crippen LogP contribution in [0.2, 0.25) is 0 Å². The van der Waals surface area contributed by atoms with Crippen LogP contribution in [0.15, 0.2) is 18.2 Å². The maximum atomic E-state index is 13.0. The second-order valence-electron chi connectivity index (χ2n) is 6.43. The minimum atomic E-state index is -0.384. The van der Waals surface area contributed by atoms with E-state index in [1.807, 2.05) is 0 Å². The van der Waals surface area contributed by atoms with Gasteiger partial charge in [-0.1, -0.05) is 19.9 Å². The minimum absolute atomic E-state index is 0.0657. The third kappa shape index (κ3) is 3.47. The average molecular weight is 265 g/mol. The molecular weight excluding hydrogens is 241 g/mol. The Hall–Kier alpha value is -1.09. The fraction of sp³-hybridized carbons (Fsp3) is 0.625. The van der Waals surface area contributed by atoms with E-state index in [1.165, 1.54) is 31.4 Å². The van der Waals surface area contributed by atoms with Crippen molar-refractivity contribution >= 4 is 0 Å². The third-order valence-corrected chi connectivity index (χ3v) is 4.36. The minimum Gasteiger partial charge on any atom is -0.508 e. The Balaban J connectivity index is 2.12. The van der Waals surface area contributed by atoms with Crippen LogP contribution < -0.4 is 0 Å². The molecule has 1 aliphatic rings. The van der Waals surface area contributed by atoms with E-state index in [0.717, 1.165) is 18.7 Å². The Labute approximate surface area is 115 Å². The van der Waals surface area contributed by atoms with Crippen molar-refractivity contribution in [3.63, 3.8) is 0 Å². The van der Waals surface area contributed by atoms with Crippen molar-refractivity contribution in [1.82, 2.24) is 4.90 Å². The summed E-state index contributed by atoms with van der Waals surface area (Å²) >= 11 is 0. The van der Waals surface area contributed by atoms with E-state index in [4.69, 9.17) is 0 Å². The number of aromatic hydroxyl groups is 1. The molecule has 1 aromatic carbocycles. The van der Waals surface area contributed by atoms with E-state index < -0.39 is 0 Å². The van der Waals surface area contributed by atoms with Crippen molar-refractivity contribution in [3.8, 4) is 5.75 Å². The molecule has 1 aromatic rings. The van der Waals surface area contributed by atoms with Gasteiger partial charge in [-0.15, -0.1) is 0 Å². The fourth-order valence-corrected chi connectivity index (χ4v) is 2.90. The lowest BCUT2D eigenvalue weighted by Gasteiger charge is -2.29. The number of likely N-dealkylation sites (tertiary alicyclic amines) is 1. The highest BCUT2D eigenvalue weighted by Gasteiger charge is 2.26. The topological polar surface area (TPSA) is 23.5 Å². The Morgan fingerprint density at radius 2 is 2.00 bits per heavy atom. The highest BCUT2D eigenvalue weighted by molar-refractivity contribution is 5.35. The van der Waals surface area contributed by atoms with Crippen LogP contribution in [0.1, 0.15) is 51.6 Å². The first-order valence-electron chi connectivity index (χ1n) is 7.11. The predicted molar refractivity (Wildman–Crippen MR) is 75.7 cm³/mol. The zero-order valence-corrected chi connectivity index (χ0v) is 12.1. The first-order chi connectivity index (χ1) is 8.89. The molecule has 1 unspecified atom stereocenters. The maximum absolute atomic E-state index is 13.0. The van der Waals surface area contributed by atoms with Crippen LogP contribution in [0, 0.1) is 11.2 Å². The molecule has 1 heterocycles. The summed E-state index contributed by atoms with van der Waals surface area (Å²) in [7, 11) is 0. The Kier molecular flexibility index (Phi) is 4.14. The molecule has 1 fully saturated rings. The lowest BCUT2D eigenvalue weighted by Crippen LogP contribution is -2.28. The van der Waals surface area contributed by atoms with E-state index in [0.29, 0.717) is 5.41 Å². The lowest BCUT2D eigenvalue weighted by atomic mass is 9.85. The van der Waals surface area contributed by atoms with Gasteiger partial charge in [-0.3, -0.25) is 4.90 Å². The van der Waals surface area contributed by atoms with Crippen LogP contribution in [0.4, 0.5) is 4.39 Å². The van der Waals surface area contributed by atoms with E-state index >= 15 is 0 Å². The number of halogens is 1. The summed E-state index contributed by atoms with van der Waals surface area (Å²) in [5, 5.41) is 9.90. The highest BCUT2D eigenvalue weighted by Crippen LogP contribution is 2.35. The van der Waals surface area contributed by atoms with Gasteiger partial charge < -0.3 is 5.11 Å². The molecule has 106 valence electrons. The highest BCUT2D eigenvalue weighted by atomic mass is 19.1. The molecule has 1 atom stereocenters. The number of phenols is 1. The molecule has 19 heavy (non-hydrogen) atoms. The molecular formula is C16H24FNO. The van der Waals surface area contributed by atoms with Crippen LogP contribution in [0.5, 0.6) is 5.75 Å². The Morgan fingerprint density at radius 3 is 2.68 bits per heavy atom. The molecule has 1 aliphatic heterocycles. The van der Waals surface area contributed by atoms with Crippen molar-refractivity contribution in [2.75, 3.05) is 13.1 Å². The summed E-state index contributed by atoms with van der Waals surface area (Å²) in [6.45, 7) is 8.80. The van der Waals surface area contributed by atoms with Gasteiger partial charge >= 0.3 is 0 Å². The average Bonchev–Trinajstić information content (AvgIpc) is 2.49. The normalized spacial score (nSPS) is 21.9.